The summed E-state index contributed by atoms with van der Waals surface area (Å²) in [5, 5.41) is 0. The zero-order chi connectivity index (χ0) is 14.5. The maximum atomic E-state index is 7.38. The molecule has 1 heterocycles. The summed E-state index contributed by atoms with van der Waals surface area (Å²) >= 11 is 0. The van der Waals surface area contributed by atoms with E-state index in [0.29, 0.717) is 27.4 Å². The predicted octanol–water partition coefficient (Wildman–Crippen LogP) is 5.76. The van der Waals surface area contributed by atoms with Crippen LogP contribution in [-0.2, 0) is 4.74 Å². The third-order valence-electron chi connectivity index (χ3n) is 10.1. The molecule has 6 fully saturated rings. The lowest BCUT2D eigenvalue weighted by Gasteiger charge is -2.62. The highest BCUT2D eigenvalue weighted by Gasteiger charge is 2.85. The lowest BCUT2D eigenvalue weighted by molar-refractivity contribution is -0.179. The lowest BCUT2D eigenvalue weighted by Crippen LogP contribution is -2.61. The first-order chi connectivity index (χ1) is 10.7. The first kappa shape index (κ1) is 13.3. The molecule has 0 radical (unpaired) electrons. The monoisotopic (exact) mass is 300 g/mol. The van der Waals surface area contributed by atoms with Crippen molar-refractivity contribution in [3.63, 3.8) is 0 Å². The summed E-state index contributed by atoms with van der Waals surface area (Å²) in [5.74, 6) is 0. The quantitative estimate of drug-likeness (QED) is 0.552. The molecule has 6 aliphatic rings. The summed E-state index contributed by atoms with van der Waals surface area (Å²) < 4.78 is 7.38. The number of hydrogen-bond acceptors (Lipinski definition) is 1. The summed E-state index contributed by atoms with van der Waals surface area (Å²) in [5.41, 5.74) is 2.58. The molecule has 2 atom stereocenters. The van der Waals surface area contributed by atoms with Crippen LogP contribution in [0.1, 0.15) is 103 Å². The van der Waals surface area contributed by atoms with Gasteiger partial charge in [0.05, 0.1) is 11.2 Å². The molecule has 0 N–H and O–H groups in total. The fourth-order valence-corrected chi connectivity index (χ4v) is 10.1. The van der Waals surface area contributed by atoms with E-state index in [-0.39, 0.29) is 0 Å². The SMILES string of the molecule is C1CCC2(C1)CCC[C@]13CCC[C@]21C12CCCC1(CCC2)O3. The Bertz CT molecular complexity index is 492. The Labute approximate surface area is 135 Å². The standard InChI is InChI=1S/C21H32O/c1-2-8-17(7-1)9-3-14-20-15-6-16-21(17,20)18-10-4-12-19(18,22-20)13-5-11-18/h1-16H2/t18?,19?,20-,21+/m0/s1. The van der Waals surface area contributed by atoms with Gasteiger partial charge in [-0.3, -0.25) is 0 Å². The van der Waals surface area contributed by atoms with E-state index in [0.717, 1.165) is 0 Å². The zero-order valence-electron chi connectivity index (χ0n) is 14.2. The molecule has 122 valence electrons. The Morgan fingerprint density at radius 2 is 1.00 bits per heavy atom. The molecule has 1 heteroatoms. The minimum atomic E-state index is 0.330. The van der Waals surface area contributed by atoms with Gasteiger partial charge in [-0.2, -0.15) is 0 Å². The molecule has 5 aliphatic carbocycles. The molecule has 22 heavy (non-hydrogen) atoms. The zero-order valence-corrected chi connectivity index (χ0v) is 14.2. The third-order valence-corrected chi connectivity index (χ3v) is 10.1. The van der Waals surface area contributed by atoms with Gasteiger partial charge in [0.15, 0.2) is 0 Å². The van der Waals surface area contributed by atoms with E-state index in [1.807, 2.05) is 0 Å². The van der Waals surface area contributed by atoms with Gasteiger partial charge in [0.25, 0.3) is 0 Å². The van der Waals surface area contributed by atoms with E-state index in [4.69, 9.17) is 4.74 Å². The van der Waals surface area contributed by atoms with Crippen molar-refractivity contribution in [3.8, 4) is 0 Å². The van der Waals surface area contributed by atoms with Crippen LogP contribution in [0.25, 0.3) is 0 Å². The van der Waals surface area contributed by atoms with Crippen LogP contribution < -0.4 is 0 Å². The van der Waals surface area contributed by atoms with E-state index in [9.17, 15) is 0 Å². The topological polar surface area (TPSA) is 9.23 Å². The lowest BCUT2D eigenvalue weighted by atomic mass is 9.40. The number of hydrogen-bond donors (Lipinski definition) is 0. The minimum absolute atomic E-state index is 0.330. The highest BCUT2D eigenvalue weighted by molar-refractivity contribution is 5.34. The van der Waals surface area contributed by atoms with Crippen LogP contribution in [0, 0.1) is 16.2 Å². The van der Waals surface area contributed by atoms with E-state index in [2.05, 4.69) is 0 Å². The van der Waals surface area contributed by atoms with Crippen LogP contribution >= 0.6 is 0 Å². The highest BCUT2D eigenvalue weighted by Crippen LogP contribution is 2.87. The smallest absolute Gasteiger partial charge is 0.0758 e. The van der Waals surface area contributed by atoms with Gasteiger partial charge in [0.2, 0.25) is 0 Å². The fraction of sp³-hybridized carbons (Fsp3) is 1.00. The number of rotatable bonds is 0. The molecule has 0 unspecified atom stereocenters. The Balaban J connectivity index is 1.65. The van der Waals surface area contributed by atoms with Gasteiger partial charge in [-0.25, -0.2) is 0 Å². The first-order valence-corrected chi connectivity index (χ1v) is 10.4. The molecule has 1 saturated heterocycles. The molecule has 6 rings (SSSR count). The summed E-state index contributed by atoms with van der Waals surface area (Å²) in [6.45, 7) is 0. The molecule has 1 spiro atoms. The van der Waals surface area contributed by atoms with E-state index in [1.165, 1.54) is 83.5 Å². The second-order valence-corrected chi connectivity index (χ2v) is 9.98. The van der Waals surface area contributed by atoms with Crippen LogP contribution in [0.3, 0.4) is 0 Å². The molecule has 0 amide bonds. The minimum Gasteiger partial charge on any atom is -0.367 e. The van der Waals surface area contributed by atoms with Gasteiger partial charge in [-0.15, -0.1) is 0 Å². The van der Waals surface area contributed by atoms with Crippen molar-refractivity contribution >= 4 is 0 Å². The van der Waals surface area contributed by atoms with Crippen LogP contribution in [0.5, 0.6) is 0 Å². The van der Waals surface area contributed by atoms with Crippen molar-refractivity contribution in [2.24, 2.45) is 16.2 Å². The molecule has 0 aromatic carbocycles. The third kappa shape index (κ3) is 1.04. The normalized spacial score (nSPS) is 57.8. The maximum Gasteiger partial charge on any atom is 0.0758 e. The fourth-order valence-electron chi connectivity index (χ4n) is 10.1. The van der Waals surface area contributed by atoms with E-state index >= 15 is 0 Å². The van der Waals surface area contributed by atoms with Crippen LogP contribution in [-0.4, -0.2) is 11.2 Å². The molecule has 1 nitrogen and oxygen atoms in total. The Hall–Kier alpha value is -0.0400. The largest absolute Gasteiger partial charge is 0.367 e. The van der Waals surface area contributed by atoms with Gasteiger partial charge < -0.3 is 4.74 Å². The summed E-state index contributed by atoms with van der Waals surface area (Å²) in [7, 11) is 0. The number of ether oxygens (including phenoxy) is 1. The summed E-state index contributed by atoms with van der Waals surface area (Å²) in [6.07, 6.45) is 23.8. The van der Waals surface area contributed by atoms with Crippen molar-refractivity contribution in [1.29, 1.82) is 0 Å². The molecular formula is C21H32O. The van der Waals surface area contributed by atoms with Crippen LogP contribution in [0.4, 0.5) is 0 Å². The van der Waals surface area contributed by atoms with Crippen molar-refractivity contribution in [3.05, 3.63) is 0 Å². The molecule has 0 aromatic heterocycles. The maximum absolute atomic E-state index is 7.38. The second kappa shape index (κ2) is 3.79. The average Bonchev–Trinajstić information content (AvgIpc) is 3.20. The summed E-state index contributed by atoms with van der Waals surface area (Å²) in [6, 6.07) is 0. The van der Waals surface area contributed by atoms with Gasteiger partial charge in [-0.05, 0) is 95.3 Å². The van der Waals surface area contributed by atoms with Crippen molar-refractivity contribution in [2.75, 3.05) is 0 Å². The Morgan fingerprint density at radius 1 is 0.455 bits per heavy atom. The van der Waals surface area contributed by atoms with Gasteiger partial charge in [-0.1, -0.05) is 12.8 Å². The predicted molar refractivity (Wildman–Crippen MR) is 87.7 cm³/mol. The van der Waals surface area contributed by atoms with Gasteiger partial charge in [0.1, 0.15) is 0 Å². The Kier molecular flexibility index (Phi) is 2.28. The second-order valence-electron chi connectivity index (χ2n) is 9.98. The Morgan fingerprint density at radius 3 is 1.73 bits per heavy atom. The molecular weight excluding hydrogens is 268 g/mol. The van der Waals surface area contributed by atoms with Crippen molar-refractivity contribution < 1.29 is 4.74 Å². The molecule has 5 saturated carbocycles. The van der Waals surface area contributed by atoms with Crippen LogP contribution in [0.15, 0.2) is 0 Å². The van der Waals surface area contributed by atoms with Crippen LogP contribution in [0.2, 0.25) is 0 Å². The van der Waals surface area contributed by atoms with E-state index < -0.39 is 0 Å². The molecule has 0 aromatic rings. The molecule has 0 bridgehead atoms. The highest BCUT2D eigenvalue weighted by atomic mass is 16.5. The van der Waals surface area contributed by atoms with Gasteiger partial charge >= 0.3 is 0 Å². The van der Waals surface area contributed by atoms with Crippen molar-refractivity contribution in [2.45, 2.75) is 114 Å². The first-order valence-electron chi connectivity index (χ1n) is 10.4. The average molecular weight is 300 g/mol. The van der Waals surface area contributed by atoms with Gasteiger partial charge in [0, 0.05) is 10.8 Å². The summed E-state index contributed by atoms with van der Waals surface area (Å²) in [4.78, 5) is 0. The van der Waals surface area contributed by atoms with E-state index in [1.54, 1.807) is 19.3 Å². The van der Waals surface area contributed by atoms with Crippen molar-refractivity contribution in [1.82, 2.24) is 0 Å². The molecule has 1 aliphatic heterocycles.